The molecule has 3 N–H and O–H groups in total. The Hall–Kier alpha value is -1.42. The topological polar surface area (TPSA) is 69.9 Å². The third-order valence-electron chi connectivity index (χ3n) is 2.04. The van der Waals surface area contributed by atoms with Gasteiger partial charge in [0.25, 0.3) is 0 Å². The van der Waals surface area contributed by atoms with Gasteiger partial charge in [-0.05, 0) is 0 Å². The van der Waals surface area contributed by atoms with Crippen LogP contribution in [0.4, 0.5) is 0 Å². The molecule has 1 aliphatic heterocycles. The van der Waals surface area contributed by atoms with Gasteiger partial charge in [0.2, 0.25) is 0 Å². The molecule has 0 aromatic heterocycles. The summed E-state index contributed by atoms with van der Waals surface area (Å²) in [4.78, 5) is 0. The molecule has 70 valence electrons. The maximum Gasteiger partial charge on any atom is 0.130 e. The molecule has 1 atom stereocenters. The van der Waals surface area contributed by atoms with Gasteiger partial charge in [0.1, 0.15) is 23.9 Å². The van der Waals surface area contributed by atoms with Crippen molar-refractivity contribution in [1.29, 1.82) is 0 Å². The van der Waals surface area contributed by atoms with Crippen molar-refractivity contribution in [3.63, 3.8) is 0 Å². The van der Waals surface area contributed by atoms with Crippen molar-refractivity contribution in [3.05, 3.63) is 17.7 Å². The van der Waals surface area contributed by atoms with Gasteiger partial charge in [-0.3, -0.25) is 0 Å². The molecule has 0 saturated heterocycles. The number of hydrogen-bond donors (Lipinski definition) is 3. The zero-order chi connectivity index (χ0) is 9.42. The maximum absolute atomic E-state index is 9.40. The van der Waals surface area contributed by atoms with E-state index in [4.69, 9.17) is 9.84 Å². The van der Waals surface area contributed by atoms with E-state index < -0.39 is 6.10 Å². The molecular weight excluding hydrogens is 172 g/mol. The van der Waals surface area contributed by atoms with E-state index in [-0.39, 0.29) is 18.1 Å². The van der Waals surface area contributed by atoms with Gasteiger partial charge in [0.05, 0.1) is 6.10 Å². The summed E-state index contributed by atoms with van der Waals surface area (Å²) in [6.45, 7) is 0.204. The molecule has 1 aliphatic rings. The second-order valence-corrected chi connectivity index (χ2v) is 3.11. The number of ether oxygens (including phenoxy) is 1. The number of fused-ring (bicyclic) bond motifs is 1. The van der Waals surface area contributed by atoms with Crippen LogP contribution >= 0.6 is 0 Å². The lowest BCUT2D eigenvalue weighted by Gasteiger charge is -2.22. The average Bonchev–Trinajstić information content (AvgIpc) is 2.06. The summed E-state index contributed by atoms with van der Waals surface area (Å²) in [5, 5.41) is 27.8. The summed E-state index contributed by atoms with van der Waals surface area (Å²) >= 11 is 0. The van der Waals surface area contributed by atoms with Crippen molar-refractivity contribution in [2.24, 2.45) is 0 Å². The molecule has 0 unspecified atom stereocenters. The van der Waals surface area contributed by atoms with E-state index in [0.29, 0.717) is 17.7 Å². The summed E-state index contributed by atoms with van der Waals surface area (Å²) in [5.74, 6) is 0.379. The third kappa shape index (κ3) is 1.40. The van der Waals surface area contributed by atoms with Gasteiger partial charge in [-0.25, -0.2) is 0 Å². The minimum absolute atomic E-state index is 0.0336. The summed E-state index contributed by atoms with van der Waals surface area (Å²) in [5.41, 5.74) is 0.552. The van der Waals surface area contributed by atoms with E-state index in [2.05, 4.69) is 0 Å². The molecule has 1 heterocycles. The molecule has 4 nitrogen and oxygen atoms in total. The van der Waals surface area contributed by atoms with Crippen LogP contribution in [0.25, 0.3) is 0 Å². The van der Waals surface area contributed by atoms with Crippen LogP contribution in [0.2, 0.25) is 0 Å². The first kappa shape index (κ1) is 8.19. The predicted octanol–water partition coefficient (Wildman–Crippen LogP) is 0.394. The highest BCUT2D eigenvalue weighted by Crippen LogP contribution is 2.35. The lowest BCUT2D eigenvalue weighted by Crippen LogP contribution is -2.25. The molecule has 1 aromatic carbocycles. The Kier molecular flexibility index (Phi) is 1.77. The van der Waals surface area contributed by atoms with Gasteiger partial charge in [0.15, 0.2) is 0 Å². The second-order valence-electron chi connectivity index (χ2n) is 3.11. The van der Waals surface area contributed by atoms with Gasteiger partial charge < -0.3 is 20.1 Å². The van der Waals surface area contributed by atoms with Gasteiger partial charge in [0, 0.05) is 24.1 Å². The molecule has 0 aliphatic carbocycles. The molecule has 2 rings (SSSR count). The number of aliphatic hydroxyl groups is 1. The van der Waals surface area contributed by atoms with Crippen LogP contribution in [0.5, 0.6) is 17.2 Å². The molecule has 0 amide bonds. The van der Waals surface area contributed by atoms with E-state index in [1.165, 1.54) is 12.1 Å². The van der Waals surface area contributed by atoms with Crippen molar-refractivity contribution in [2.75, 3.05) is 6.61 Å². The number of rotatable bonds is 0. The Bertz CT molecular complexity index is 335. The van der Waals surface area contributed by atoms with Crippen molar-refractivity contribution in [3.8, 4) is 17.2 Å². The summed E-state index contributed by atoms with van der Waals surface area (Å²) < 4.78 is 5.13. The number of aromatic hydroxyl groups is 2. The zero-order valence-corrected chi connectivity index (χ0v) is 6.90. The minimum Gasteiger partial charge on any atom is -0.508 e. The van der Waals surface area contributed by atoms with Crippen molar-refractivity contribution in [1.82, 2.24) is 0 Å². The largest absolute Gasteiger partial charge is 0.508 e. The number of benzene rings is 1. The predicted molar refractivity (Wildman–Crippen MR) is 45.0 cm³/mol. The van der Waals surface area contributed by atoms with Crippen LogP contribution in [-0.2, 0) is 6.42 Å². The fraction of sp³-hybridized carbons (Fsp3) is 0.333. The van der Waals surface area contributed by atoms with E-state index in [0.717, 1.165) is 0 Å². The molecular formula is C9H10O4. The highest BCUT2D eigenvalue weighted by Gasteiger charge is 2.21. The quantitative estimate of drug-likeness (QED) is 0.543. The highest BCUT2D eigenvalue weighted by atomic mass is 16.5. The Balaban J connectivity index is 2.47. The third-order valence-corrected chi connectivity index (χ3v) is 2.04. The van der Waals surface area contributed by atoms with E-state index >= 15 is 0 Å². The molecule has 0 radical (unpaired) electrons. The number of hydrogen-bond acceptors (Lipinski definition) is 4. The standard InChI is InChI=1S/C9H10O4/c10-5-2-8(12)7-1-6(11)4-13-9(7)3-5/h2-3,6,10-12H,1,4H2/t6-/m0/s1. The fourth-order valence-electron chi connectivity index (χ4n) is 1.43. The Morgan fingerprint density at radius 1 is 1.31 bits per heavy atom. The molecule has 0 saturated carbocycles. The van der Waals surface area contributed by atoms with E-state index in [1.54, 1.807) is 0 Å². The minimum atomic E-state index is -0.581. The summed E-state index contributed by atoms with van der Waals surface area (Å²) in [6.07, 6.45) is -0.218. The highest BCUT2D eigenvalue weighted by molar-refractivity contribution is 5.50. The van der Waals surface area contributed by atoms with Crippen LogP contribution in [0.15, 0.2) is 12.1 Å². The average molecular weight is 182 g/mol. The summed E-state index contributed by atoms with van der Waals surface area (Å²) in [6, 6.07) is 2.67. The number of phenolic OH excluding ortho intramolecular Hbond substituents is 2. The molecule has 0 spiro atoms. The fourth-order valence-corrected chi connectivity index (χ4v) is 1.43. The first-order valence-electron chi connectivity index (χ1n) is 4.02. The van der Waals surface area contributed by atoms with Crippen LogP contribution in [0, 0.1) is 0 Å². The Labute approximate surface area is 75.0 Å². The lowest BCUT2D eigenvalue weighted by molar-refractivity contribution is 0.0906. The van der Waals surface area contributed by atoms with Crippen LogP contribution < -0.4 is 4.74 Å². The lowest BCUT2D eigenvalue weighted by atomic mass is 10.0. The smallest absolute Gasteiger partial charge is 0.130 e. The van der Waals surface area contributed by atoms with Crippen LogP contribution in [0.1, 0.15) is 5.56 Å². The SMILES string of the molecule is Oc1cc(O)c2c(c1)OC[C@@H](O)C2. The molecule has 4 heteroatoms. The molecule has 0 bridgehead atoms. The van der Waals surface area contributed by atoms with Crippen molar-refractivity contribution in [2.45, 2.75) is 12.5 Å². The Morgan fingerprint density at radius 2 is 2.08 bits per heavy atom. The van der Waals surface area contributed by atoms with E-state index in [9.17, 15) is 10.2 Å². The Morgan fingerprint density at radius 3 is 2.85 bits per heavy atom. The maximum atomic E-state index is 9.40. The first-order valence-corrected chi connectivity index (χ1v) is 4.02. The first-order chi connectivity index (χ1) is 6.16. The van der Waals surface area contributed by atoms with Crippen molar-refractivity contribution >= 4 is 0 Å². The van der Waals surface area contributed by atoms with Crippen LogP contribution in [-0.4, -0.2) is 28.0 Å². The number of phenols is 2. The molecule has 0 fully saturated rings. The van der Waals surface area contributed by atoms with Gasteiger partial charge >= 0.3 is 0 Å². The second kappa shape index (κ2) is 2.81. The normalized spacial score (nSPS) is 20.5. The molecule has 13 heavy (non-hydrogen) atoms. The van der Waals surface area contributed by atoms with Crippen LogP contribution in [0.3, 0.4) is 0 Å². The monoisotopic (exact) mass is 182 g/mol. The number of aliphatic hydroxyl groups excluding tert-OH is 1. The summed E-state index contributed by atoms with van der Waals surface area (Å²) in [7, 11) is 0. The van der Waals surface area contributed by atoms with Crippen molar-refractivity contribution < 1.29 is 20.1 Å². The van der Waals surface area contributed by atoms with Gasteiger partial charge in [-0.2, -0.15) is 0 Å². The van der Waals surface area contributed by atoms with Gasteiger partial charge in [-0.15, -0.1) is 0 Å². The zero-order valence-electron chi connectivity index (χ0n) is 6.90. The van der Waals surface area contributed by atoms with E-state index in [1.807, 2.05) is 0 Å². The molecule has 1 aromatic rings. The van der Waals surface area contributed by atoms with Gasteiger partial charge in [-0.1, -0.05) is 0 Å².